The molecule has 1 rings (SSSR count). The van der Waals surface area contributed by atoms with E-state index in [2.05, 4.69) is 24.1 Å². The molecule has 0 radical (unpaired) electrons. The highest BCUT2D eigenvalue weighted by atomic mass is 16.1. The molecule has 1 heterocycles. The van der Waals surface area contributed by atoms with Gasteiger partial charge in [-0.25, -0.2) is 0 Å². The third-order valence-corrected chi connectivity index (χ3v) is 3.71. The van der Waals surface area contributed by atoms with Crippen molar-refractivity contribution < 1.29 is 4.79 Å². The third kappa shape index (κ3) is 4.15. The van der Waals surface area contributed by atoms with E-state index in [1.807, 2.05) is 13.8 Å². The maximum Gasteiger partial charge on any atom is 0.223 e. The normalized spacial score (nSPS) is 23.1. The molecular formula is C14H26N2O. The monoisotopic (exact) mass is 238 g/mol. The van der Waals surface area contributed by atoms with Crippen LogP contribution in [0.2, 0.25) is 0 Å². The van der Waals surface area contributed by atoms with Crippen molar-refractivity contribution in [1.82, 2.24) is 10.6 Å². The fraction of sp³-hybridized carbons (Fsp3) is 0.786. The Labute approximate surface area is 105 Å². The van der Waals surface area contributed by atoms with Gasteiger partial charge < -0.3 is 10.6 Å². The van der Waals surface area contributed by atoms with Crippen LogP contribution in [0.1, 0.15) is 40.0 Å². The maximum atomic E-state index is 12.0. The Balaban J connectivity index is 2.49. The standard InChI is InChI=1S/C14H26N2O/c1-5-12(13-7-6-8-15-13)11(4)14(17)16-9-10(2)3/h11-13,15H,2,5-9H2,1,3-4H3,(H,16,17). The molecule has 1 amide bonds. The van der Waals surface area contributed by atoms with Gasteiger partial charge in [-0.05, 0) is 32.2 Å². The van der Waals surface area contributed by atoms with Gasteiger partial charge in [0.25, 0.3) is 0 Å². The number of hydrogen-bond acceptors (Lipinski definition) is 2. The van der Waals surface area contributed by atoms with Gasteiger partial charge in [0, 0.05) is 18.5 Å². The van der Waals surface area contributed by atoms with E-state index in [-0.39, 0.29) is 11.8 Å². The first-order valence-electron chi connectivity index (χ1n) is 6.71. The Hall–Kier alpha value is -0.830. The number of amides is 1. The van der Waals surface area contributed by atoms with Crippen molar-refractivity contribution in [2.24, 2.45) is 11.8 Å². The summed E-state index contributed by atoms with van der Waals surface area (Å²) in [5.41, 5.74) is 0.998. The van der Waals surface area contributed by atoms with Crippen molar-refractivity contribution in [2.45, 2.75) is 46.1 Å². The molecule has 0 aromatic heterocycles. The van der Waals surface area contributed by atoms with E-state index in [1.54, 1.807) is 0 Å². The van der Waals surface area contributed by atoms with E-state index in [0.29, 0.717) is 18.5 Å². The highest BCUT2D eigenvalue weighted by Gasteiger charge is 2.31. The van der Waals surface area contributed by atoms with Crippen molar-refractivity contribution in [1.29, 1.82) is 0 Å². The van der Waals surface area contributed by atoms with Crippen LogP contribution in [0.5, 0.6) is 0 Å². The highest BCUT2D eigenvalue weighted by molar-refractivity contribution is 5.78. The quantitative estimate of drug-likeness (QED) is 0.696. The summed E-state index contributed by atoms with van der Waals surface area (Å²) in [7, 11) is 0. The van der Waals surface area contributed by atoms with Crippen molar-refractivity contribution in [2.75, 3.05) is 13.1 Å². The molecule has 0 spiro atoms. The number of hydrogen-bond donors (Lipinski definition) is 2. The fourth-order valence-corrected chi connectivity index (χ4v) is 2.66. The molecule has 98 valence electrons. The van der Waals surface area contributed by atoms with Crippen LogP contribution in [0.3, 0.4) is 0 Å². The Morgan fingerprint density at radius 3 is 2.76 bits per heavy atom. The molecule has 1 aliphatic heterocycles. The molecule has 0 aromatic rings. The fourth-order valence-electron chi connectivity index (χ4n) is 2.66. The zero-order chi connectivity index (χ0) is 12.8. The zero-order valence-corrected chi connectivity index (χ0v) is 11.4. The van der Waals surface area contributed by atoms with E-state index >= 15 is 0 Å². The second-order valence-electron chi connectivity index (χ2n) is 5.24. The molecule has 0 aliphatic carbocycles. The number of nitrogens with one attached hydrogen (secondary N) is 2. The Kier molecular flexibility index (Phi) is 5.69. The molecule has 0 saturated carbocycles. The average Bonchev–Trinajstić information content (AvgIpc) is 2.80. The van der Waals surface area contributed by atoms with Gasteiger partial charge in [0.15, 0.2) is 0 Å². The molecule has 0 aromatic carbocycles. The van der Waals surface area contributed by atoms with E-state index in [0.717, 1.165) is 18.5 Å². The van der Waals surface area contributed by atoms with Gasteiger partial charge in [0.1, 0.15) is 0 Å². The Morgan fingerprint density at radius 2 is 2.29 bits per heavy atom. The third-order valence-electron chi connectivity index (χ3n) is 3.71. The van der Waals surface area contributed by atoms with Crippen LogP contribution < -0.4 is 10.6 Å². The van der Waals surface area contributed by atoms with Crippen LogP contribution in [-0.2, 0) is 4.79 Å². The van der Waals surface area contributed by atoms with Gasteiger partial charge in [0.2, 0.25) is 5.91 Å². The topological polar surface area (TPSA) is 41.1 Å². The summed E-state index contributed by atoms with van der Waals surface area (Å²) in [6.07, 6.45) is 3.50. The lowest BCUT2D eigenvalue weighted by Crippen LogP contribution is -2.41. The zero-order valence-electron chi connectivity index (χ0n) is 11.4. The molecule has 3 nitrogen and oxygen atoms in total. The second kappa shape index (κ2) is 6.80. The minimum atomic E-state index is 0.0787. The summed E-state index contributed by atoms with van der Waals surface area (Å²) in [6.45, 7) is 11.6. The van der Waals surface area contributed by atoms with E-state index in [4.69, 9.17) is 0 Å². The summed E-state index contributed by atoms with van der Waals surface area (Å²) in [6, 6.07) is 0.519. The Bertz CT molecular complexity index is 269. The minimum absolute atomic E-state index is 0.0787. The van der Waals surface area contributed by atoms with Gasteiger partial charge in [-0.1, -0.05) is 32.4 Å². The van der Waals surface area contributed by atoms with Crippen LogP contribution in [0.25, 0.3) is 0 Å². The highest BCUT2D eigenvalue weighted by Crippen LogP contribution is 2.25. The summed E-state index contributed by atoms with van der Waals surface area (Å²) in [4.78, 5) is 12.0. The van der Waals surface area contributed by atoms with Gasteiger partial charge in [0.05, 0.1) is 0 Å². The van der Waals surface area contributed by atoms with E-state index < -0.39 is 0 Å². The van der Waals surface area contributed by atoms with Gasteiger partial charge in [-0.3, -0.25) is 4.79 Å². The van der Waals surface area contributed by atoms with Crippen molar-refractivity contribution in [3.63, 3.8) is 0 Å². The maximum absolute atomic E-state index is 12.0. The predicted molar refractivity (Wildman–Crippen MR) is 71.8 cm³/mol. The molecule has 17 heavy (non-hydrogen) atoms. The van der Waals surface area contributed by atoms with Crippen LogP contribution in [0, 0.1) is 11.8 Å². The van der Waals surface area contributed by atoms with Crippen molar-refractivity contribution in [3.05, 3.63) is 12.2 Å². The number of rotatable bonds is 6. The molecule has 2 N–H and O–H groups in total. The molecule has 1 fully saturated rings. The largest absolute Gasteiger partial charge is 0.352 e. The molecule has 1 saturated heterocycles. The molecule has 0 bridgehead atoms. The summed E-state index contributed by atoms with van der Waals surface area (Å²) in [5, 5.41) is 6.46. The van der Waals surface area contributed by atoms with E-state index in [9.17, 15) is 4.79 Å². The Morgan fingerprint density at radius 1 is 1.59 bits per heavy atom. The first kappa shape index (κ1) is 14.2. The molecule has 3 heteroatoms. The first-order chi connectivity index (χ1) is 8.06. The second-order valence-corrected chi connectivity index (χ2v) is 5.24. The summed E-state index contributed by atoms with van der Waals surface area (Å²) >= 11 is 0. The van der Waals surface area contributed by atoms with Gasteiger partial charge in [-0.2, -0.15) is 0 Å². The molecule has 3 unspecified atom stereocenters. The number of carbonyl (C=O) groups excluding carboxylic acids is 1. The SMILES string of the molecule is C=C(C)CNC(=O)C(C)C(CC)C1CCCN1. The first-order valence-corrected chi connectivity index (χ1v) is 6.71. The average molecular weight is 238 g/mol. The summed E-state index contributed by atoms with van der Waals surface area (Å²) in [5.74, 6) is 0.686. The molecule has 1 aliphatic rings. The van der Waals surface area contributed by atoms with Gasteiger partial charge in [-0.15, -0.1) is 0 Å². The van der Waals surface area contributed by atoms with Crippen LogP contribution in [0.15, 0.2) is 12.2 Å². The lowest BCUT2D eigenvalue weighted by molar-refractivity contribution is -0.126. The van der Waals surface area contributed by atoms with Crippen LogP contribution in [0.4, 0.5) is 0 Å². The molecular weight excluding hydrogens is 212 g/mol. The lowest BCUT2D eigenvalue weighted by atomic mass is 9.83. The lowest BCUT2D eigenvalue weighted by Gasteiger charge is -2.27. The van der Waals surface area contributed by atoms with Gasteiger partial charge >= 0.3 is 0 Å². The smallest absolute Gasteiger partial charge is 0.223 e. The van der Waals surface area contributed by atoms with Crippen molar-refractivity contribution in [3.8, 4) is 0 Å². The molecule has 3 atom stereocenters. The van der Waals surface area contributed by atoms with Crippen molar-refractivity contribution >= 4 is 5.91 Å². The minimum Gasteiger partial charge on any atom is -0.352 e. The number of carbonyl (C=O) groups is 1. The van der Waals surface area contributed by atoms with Crippen LogP contribution in [-0.4, -0.2) is 25.0 Å². The summed E-state index contributed by atoms with van der Waals surface area (Å²) < 4.78 is 0. The van der Waals surface area contributed by atoms with Crippen LogP contribution >= 0.6 is 0 Å². The van der Waals surface area contributed by atoms with E-state index in [1.165, 1.54) is 12.8 Å². The predicted octanol–water partition coefficient (Wildman–Crippen LogP) is 2.09.